The minimum atomic E-state index is -0.590. The molecule has 0 unspecified atom stereocenters. The Bertz CT molecular complexity index is 1030. The van der Waals surface area contributed by atoms with Crippen LogP contribution in [0, 0.1) is 17.0 Å². The average molecular weight is 380 g/mol. The minimum Gasteiger partial charge on any atom is -0.449 e. The second-order valence-electron chi connectivity index (χ2n) is 5.87. The maximum Gasteiger partial charge on any atom is 0.270 e. The average Bonchev–Trinajstić information content (AvgIpc) is 3.13. The first-order valence-corrected chi connectivity index (χ1v) is 8.27. The van der Waals surface area contributed by atoms with E-state index < -0.39 is 16.7 Å². The lowest BCUT2D eigenvalue weighted by atomic mass is 10.1. The van der Waals surface area contributed by atoms with E-state index in [1.807, 2.05) is 0 Å². The molecule has 2 amide bonds. The van der Waals surface area contributed by atoms with Crippen molar-refractivity contribution in [1.29, 1.82) is 0 Å². The van der Waals surface area contributed by atoms with Crippen molar-refractivity contribution < 1.29 is 18.9 Å². The van der Waals surface area contributed by atoms with Gasteiger partial charge in [0.2, 0.25) is 5.91 Å². The van der Waals surface area contributed by atoms with Gasteiger partial charge in [-0.1, -0.05) is 18.2 Å². The zero-order chi connectivity index (χ0) is 20.1. The van der Waals surface area contributed by atoms with E-state index in [4.69, 9.17) is 4.42 Å². The number of nitrogens with zero attached hydrogens (tertiary/aromatic N) is 2. The number of nitro groups is 1. The van der Waals surface area contributed by atoms with Crippen LogP contribution in [-0.2, 0) is 4.79 Å². The van der Waals surface area contributed by atoms with Crippen LogP contribution in [0.4, 0.5) is 11.4 Å². The van der Waals surface area contributed by atoms with Gasteiger partial charge in [0.1, 0.15) is 12.0 Å². The van der Waals surface area contributed by atoms with Crippen LogP contribution in [-0.4, -0.2) is 28.3 Å². The number of non-ortho nitro benzene ring substituents is 1. The van der Waals surface area contributed by atoms with Crippen molar-refractivity contribution in [3.05, 3.63) is 76.4 Å². The summed E-state index contributed by atoms with van der Waals surface area (Å²) in [6.07, 6.45) is 1.55. The molecule has 0 saturated carbocycles. The molecule has 0 aliphatic rings. The number of aromatic nitrogens is 1. The van der Waals surface area contributed by atoms with Crippen LogP contribution in [0.15, 0.2) is 59.2 Å². The van der Waals surface area contributed by atoms with E-state index in [2.05, 4.69) is 15.6 Å². The lowest BCUT2D eigenvalue weighted by Crippen LogP contribution is -2.32. The van der Waals surface area contributed by atoms with Gasteiger partial charge in [0.15, 0.2) is 5.89 Å². The number of amides is 2. The number of benzene rings is 2. The van der Waals surface area contributed by atoms with Crippen LogP contribution in [0.5, 0.6) is 0 Å². The van der Waals surface area contributed by atoms with Crippen LogP contribution < -0.4 is 10.6 Å². The summed E-state index contributed by atoms with van der Waals surface area (Å²) in [6.45, 7) is 1.48. The van der Waals surface area contributed by atoms with Crippen molar-refractivity contribution in [3.63, 3.8) is 0 Å². The zero-order valence-corrected chi connectivity index (χ0v) is 14.8. The van der Waals surface area contributed by atoms with Gasteiger partial charge in [-0.3, -0.25) is 19.7 Å². The molecule has 9 heteroatoms. The largest absolute Gasteiger partial charge is 0.449 e. The van der Waals surface area contributed by atoms with Gasteiger partial charge in [0, 0.05) is 35.9 Å². The fraction of sp³-hybridized carbons (Fsp3) is 0.105. The van der Waals surface area contributed by atoms with E-state index in [1.165, 1.54) is 18.2 Å². The first kappa shape index (κ1) is 18.8. The molecule has 2 aromatic carbocycles. The number of carbonyl (C=O) groups excluding carboxylic acids is 2. The first-order valence-electron chi connectivity index (χ1n) is 8.27. The zero-order valence-electron chi connectivity index (χ0n) is 14.8. The fourth-order valence-corrected chi connectivity index (χ4v) is 2.45. The SMILES string of the molecule is Cc1nc(-c2ccc(NC(=O)CNC(=O)c3cccc([N+](=O)[O-])c3)cc2)co1. The highest BCUT2D eigenvalue weighted by Crippen LogP contribution is 2.20. The van der Waals surface area contributed by atoms with Crippen molar-refractivity contribution in [2.75, 3.05) is 11.9 Å². The molecule has 0 aliphatic carbocycles. The Morgan fingerprint density at radius 1 is 1.18 bits per heavy atom. The highest BCUT2D eigenvalue weighted by molar-refractivity contribution is 5.99. The highest BCUT2D eigenvalue weighted by atomic mass is 16.6. The normalized spacial score (nSPS) is 10.3. The molecule has 3 aromatic rings. The molecule has 3 rings (SSSR count). The highest BCUT2D eigenvalue weighted by Gasteiger charge is 2.12. The monoisotopic (exact) mass is 380 g/mol. The van der Waals surface area contributed by atoms with Gasteiger partial charge in [-0.15, -0.1) is 0 Å². The predicted octanol–water partition coefficient (Wildman–Crippen LogP) is 2.93. The Kier molecular flexibility index (Phi) is 5.45. The Labute approximate surface area is 159 Å². The van der Waals surface area contributed by atoms with Crippen molar-refractivity contribution in [1.82, 2.24) is 10.3 Å². The molecule has 0 spiro atoms. The molecule has 0 saturated heterocycles. The number of carbonyl (C=O) groups is 2. The first-order chi connectivity index (χ1) is 13.4. The van der Waals surface area contributed by atoms with Gasteiger partial charge in [0.05, 0.1) is 11.5 Å². The number of rotatable bonds is 6. The second kappa shape index (κ2) is 8.12. The standard InChI is InChI=1S/C19H16N4O5/c1-12-21-17(11-28-12)13-5-7-15(8-6-13)22-18(24)10-20-19(25)14-3-2-4-16(9-14)23(26)27/h2-9,11H,10H2,1H3,(H,20,25)(H,22,24). The lowest BCUT2D eigenvalue weighted by Gasteiger charge is -2.07. The van der Waals surface area contributed by atoms with E-state index in [1.54, 1.807) is 37.5 Å². The topological polar surface area (TPSA) is 127 Å². The number of hydrogen-bond donors (Lipinski definition) is 2. The number of anilines is 1. The third-order valence-corrected chi connectivity index (χ3v) is 3.81. The maximum atomic E-state index is 12.1. The Morgan fingerprint density at radius 3 is 2.57 bits per heavy atom. The summed E-state index contributed by atoms with van der Waals surface area (Å²) < 4.78 is 5.17. The Balaban J connectivity index is 1.55. The summed E-state index contributed by atoms with van der Waals surface area (Å²) in [4.78, 5) is 38.5. The van der Waals surface area contributed by atoms with Gasteiger partial charge in [-0.25, -0.2) is 4.98 Å². The van der Waals surface area contributed by atoms with E-state index in [9.17, 15) is 19.7 Å². The quantitative estimate of drug-likeness (QED) is 0.500. The minimum absolute atomic E-state index is 0.106. The Morgan fingerprint density at radius 2 is 1.93 bits per heavy atom. The van der Waals surface area contributed by atoms with Crippen LogP contribution in [0.25, 0.3) is 11.3 Å². The van der Waals surface area contributed by atoms with Gasteiger partial charge >= 0.3 is 0 Å². The molecular weight excluding hydrogens is 364 g/mol. The number of oxazole rings is 1. The molecule has 2 N–H and O–H groups in total. The van der Waals surface area contributed by atoms with Crippen molar-refractivity contribution in [2.24, 2.45) is 0 Å². The number of hydrogen-bond acceptors (Lipinski definition) is 6. The van der Waals surface area contributed by atoms with E-state index >= 15 is 0 Å². The van der Waals surface area contributed by atoms with Crippen molar-refractivity contribution in [2.45, 2.75) is 6.92 Å². The molecule has 9 nitrogen and oxygen atoms in total. The molecule has 0 fully saturated rings. The summed E-state index contributed by atoms with van der Waals surface area (Å²) in [5.74, 6) is -0.439. The van der Waals surface area contributed by atoms with Crippen LogP contribution in [0.3, 0.4) is 0 Å². The summed E-state index contributed by atoms with van der Waals surface area (Å²) >= 11 is 0. The maximum absolute atomic E-state index is 12.1. The van der Waals surface area contributed by atoms with E-state index in [-0.39, 0.29) is 17.8 Å². The van der Waals surface area contributed by atoms with Crippen LogP contribution >= 0.6 is 0 Å². The van der Waals surface area contributed by atoms with Gasteiger partial charge < -0.3 is 15.1 Å². The lowest BCUT2D eigenvalue weighted by molar-refractivity contribution is -0.384. The molecular formula is C19H16N4O5. The summed E-state index contributed by atoms with van der Waals surface area (Å²) in [7, 11) is 0. The van der Waals surface area contributed by atoms with Crippen molar-refractivity contribution >= 4 is 23.2 Å². The number of nitrogens with one attached hydrogen (secondary N) is 2. The summed E-state index contributed by atoms with van der Waals surface area (Å²) in [6, 6.07) is 12.3. The molecule has 142 valence electrons. The fourth-order valence-electron chi connectivity index (χ4n) is 2.45. The van der Waals surface area contributed by atoms with Crippen LogP contribution in [0.2, 0.25) is 0 Å². The number of aryl methyl sites for hydroxylation is 1. The van der Waals surface area contributed by atoms with Gasteiger partial charge in [-0.2, -0.15) is 0 Å². The van der Waals surface area contributed by atoms with E-state index in [0.717, 1.165) is 11.6 Å². The molecule has 0 atom stereocenters. The molecule has 28 heavy (non-hydrogen) atoms. The number of nitro benzene ring substituents is 1. The molecule has 0 aliphatic heterocycles. The molecule has 1 heterocycles. The van der Waals surface area contributed by atoms with Gasteiger partial charge in [-0.05, 0) is 18.2 Å². The molecule has 0 bridgehead atoms. The molecule has 1 aromatic heterocycles. The van der Waals surface area contributed by atoms with Crippen molar-refractivity contribution in [3.8, 4) is 11.3 Å². The summed E-state index contributed by atoms with van der Waals surface area (Å²) in [5, 5.41) is 15.8. The molecule has 0 radical (unpaired) electrons. The second-order valence-corrected chi connectivity index (χ2v) is 5.87. The van der Waals surface area contributed by atoms with Gasteiger partial charge in [0.25, 0.3) is 11.6 Å². The van der Waals surface area contributed by atoms with E-state index in [0.29, 0.717) is 17.3 Å². The summed E-state index contributed by atoms with van der Waals surface area (Å²) in [5.41, 5.74) is 2.00. The van der Waals surface area contributed by atoms with Crippen LogP contribution in [0.1, 0.15) is 16.2 Å². The smallest absolute Gasteiger partial charge is 0.270 e. The Hall–Kier alpha value is -4.01. The third kappa shape index (κ3) is 4.58. The predicted molar refractivity (Wildman–Crippen MR) is 101 cm³/mol. The third-order valence-electron chi connectivity index (χ3n) is 3.81.